The van der Waals surface area contributed by atoms with E-state index in [1.807, 2.05) is 0 Å². The number of nitrogens with zero attached hydrogens (tertiary/aromatic N) is 2. The number of thioether (sulfide) groups is 1. The molecule has 2 unspecified atom stereocenters. The fraction of sp³-hybridized carbons (Fsp3) is 0.381. The van der Waals surface area contributed by atoms with E-state index in [1.54, 1.807) is 38.1 Å². The smallest absolute Gasteiger partial charge is 0.329 e. The van der Waals surface area contributed by atoms with E-state index in [4.69, 9.17) is 16.1 Å². The molecule has 0 spiro atoms. The van der Waals surface area contributed by atoms with Crippen LogP contribution in [0.5, 0.6) is 0 Å². The molecule has 3 N–H and O–H groups in total. The summed E-state index contributed by atoms with van der Waals surface area (Å²) < 4.78 is 4.17. The molecule has 1 saturated heterocycles. The van der Waals surface area contributed by atoms with Gasteiger partial charge in [-0.05, 0) is 26.8 Å². The average Bonchev–Trinajstić information content (AvgIpc) is 3.22. The molecular weight excluding hydrogens is 474 g/mol. The molecule has 2 heterocycles. The first-order valence-corrected chi connectivity index (χ1v) is 11.1. The number of aromatic nitrogens is 1. The van der Waals surface area contributed by atoms with Crippen LogP contribution in [0.1, 0.15) is 36.9 Å². The van der Waals surface area contributed by atoms with E-state index in [0.717, 1.165) is 23.6 Å². The molecule has 0 bridgehead atoms. The molecule has 33 heavy (non-hydrogen) atoms. The average molecular weight is 496 g/mol. The van der Waals surface area contributed by atoms with Gasteiger partial charge >= 0.3 is 11.9 Å². The quantitative estimate of drug-likeness (QED) is 0.549. The standard InChI is InChI=1S/C21H22ClN3O7S/c1-9-13(14(24-32-9)11-7-5-6-8-12(11)22)17(27)23-15(19(28)29)18-25(10(2)26)16(20(30)31)21(3,4)33-18/h5-8,15-16,18H,1-4H3,(H,23,27)(H,28,29)(H,30,31)/t15?,16-,18?/m0/s1. The monoisotopic (exact) mass is 495 g/mol. The molecule has 2 amide bonds. The van der Waals surface area contributed by atoms with Crippen molar-refractivity contribution in [3.05, 3.63) is 40.6 Å². The molecule has 1 aromatic heterocycles. The Morgan fingerprint density at radius 3 is 2.42 bits per heavy atom. The van der Waals surface area contributed by atoms with E-state index < -0.39 is 46.0 Å². The summed E-state index contributed by atoms with van der Waals surface area (Å²) in [7, 11) is 0. The Hall–Kier alpha value is -3.05. The second-order valence-corrected chi connectivity index (χ2v) is 10.2. The molecule has 1 aliphatic heterocycles. The zero-order valence-electron chi connectivity index (χ0n) is 18.2. The Kier molecular flexibility index (Phi) is 6.75. The summed E-state index contributed by atoms with van der Waals surface area (Å²) in [4.78, 5) is 50.6. The number of amides is 2. The second-order valence-electron chi connectivity index (χ2n) is 8.01. The van der Waals surface area contributed by atoms with Crippen molar-refractivity contribution in [3.63, 3.8) is 0 Å². The SMILES string of the molecule is CC(=O)N1C(C(NC(=O)c2c(-c3ccccc3Cl)noc2C)C(=O)O)SC(C)(C)[C@@H]1C(=O)O. The van der Waals surface area contributed by atoms with Crippen molar-refractivity contribution in [1.82, 2.24) is 15.4 Å². The molecule has 1 aromatic carbocycles. The number of nitrogens with one attached hydrogen (secondary N) is 1. The minimum Gasteiger partial charge on any atom is -0.480 e. The number of hydrogen-bond donors (Lipinski definition) is 3. The Morgan fingerprint density at radius 2 is 1.88 bits per heavy atom. The lowest BCUT2D eigenvalue weighted by atomic mass is 10.0. The maximum atomic E-state index is 13.2. The van der Waals surface area contributed by atoms with Crippen molar-refractivity contribution in [3.8, 4) is 11.3 Å². The number of carbonyl (C=O) groups is 4. The summed E-state index contributed by atoms with van der Waals surface area (Å²) in [5.41, 5.74) is 0.535. The topological polar surface area (TPSA) is 150 Å². The first-order chi connectivity index (χ1) is 15.4. The highest BCUT2D eigenvalue weighted by atomic mass is 35.5. The number of halogens is 1. The first kappa shape index (κ1) is 24.6. The Bertz CT molecular complexity index is 1130. The van der Waals surface area contributed by atoms with Gasteiger partial charge < -0.3 is 25.0 Å². The summed E-state index contributed by atoms with van der Waals surface area (Å²) in [5.74, 6) is -3.99. The molecule has 3 rings (SSSR count). The third kappa shape index (κ3) is 4.55. The van der Waals surface area contributed by atoms with Crippen LogP contribution in [0.25, 0.3) is 11.3 Å². The molecule has 2 aromatic rings. The van der Waals surface area contributed by atoms with E-state index in [2.05, 4.69) is 10.5 Å². The third-order valence-electron chi connectivity index (χ3n) is 5.29. The predicted octanol–water partition coefficient (Wildman–Crippen LogP) is 2.64. The molecule has 3 atom stereocenters. The molecule has 176 valence electrons. The summed E-state index contributed by atoms with van der Waals surface area (Å²) >= 11 is 7.22. The molecular formula is C21H22ClN3O7S. The van der Waals surface area contributed by atoms with Gasteiger partial charge in [-0.3, -0.25) is 9.59 Å². The maximum absolute atomic E-state index is 13.2. The van der Waals surface area contributed by atoms with E-state index >= 15 is 0 Å². The summed E-state index contributed by atoms with van der Waals surface area (Å²) in [6, 6.07) is 3.75. The van der Waals surface area contributed by atoms with Crippen LogP contribution < -0.4 is 5.32 Å². The molecule has 0 radical (unpaired) electrons. The number of benzene rings is 1. The van der Waals surface area contributed by atoms with Gasteiger partial charge in [-0.1, -0.05) is 35.0 Å². The van der Waals surface area contributed by atoms with E-state index in [9.17, 15) is 29.4 Å². The lowest BCUT2D eigenvalue weighted by molar-refractivity contribution is -0.152. The van der Waals surface area contributed by atoms with Gasteiger partial charge in [-0.2, -0.15) is 0 Å². The third-order valence-corrected chi connectivity index (χ3v) is 7.19. The Labute approximate surface area is 198 Å². The zero-order chi connectivity index (χ0) is 24.7. The van der Waals surface area contributed by atoms with Crippen LogP contribution in [-0.2, 0) is 14.4 Å². The number of carboxylic acids is 2. The second kappa shape index (κ2) is 9.06. The van der Waals surface area contributed by atoms with Crippen molar-refractivity contribution in [2.45, 2.75) is 49.9 Å². The summed E-state index contributed by atoms with van der Waals surface area (Å²) in [6.07, 6.45) is 0. The van der Waals surface area contributed by atoms with Gasteiger partial charge in [0.25, 0.3) is 5.91 Å². The van der Waals surface area contributed by atoms with E-state index in [0.29, 0.717) is 10.6 Å². The van der Waals surface area contributed by atoms with Gasteiger partial charge in [0.2, 0.25) is 5.91 Å². The number of aryl methyl sites for hydroxylation is 1. The van der Waals surface area contributed by atoms with E-state index in [-0.39, 0.29) is 17.0 Å². The lowest BCUT2D eigenvalue weighted by Crippen LogP contribution is -2.57. The van der Waals surface area contributed by atoms with Gasteiger partial charge in [0.15, 0.2) is 6.04 Å². The van der Waals surface area contributed by atoms with Gasteiger partial charge in [-0.25, -0.2) is 9.59 Å². The Morgan fingerprint density at radius 1 is 1.24 bits per heavy atom. The highest BCUT2D eigenvalue weighted by Gasteiger charge is 2.56. The zero-order valence-corrected chi connectivity index (χ0v) is 19.7. The molecule has 0 saturated carbocycles. The van der Waals surface area contributed by atoms with Crippen LogP contribution in [0, 0.1) is 6.92 Å². The molecule has 0 aliphatic carbocycles. The lowest BCUT2D eigenvalue weighted by Gasteiger charge is -2.31. The molecule has 12 heteroatoms. The van der Waals surface area contributed by atoms with Crippen LogP contribution in [0.15, 0.2) is 28.8 Å². The molecule has 1 aliphatic rings. The number of hydrogen-bond acceptors (Lipinski definition) is 7. The highest BCUT2D eigenvalue weighted by Crippen LogP contribution is 2.46. The largest absolute Gasteiger partial charge is 0.480 e. The van der Waals surface area contributed by atoms with Crippen LogP contribution in [0.4, 0.5) is 0 Å². The summed E-state index contributed by atoms with van der Waals surface area (Å²) in [5, 5.41) is 25.1. The first-order valence-electron chi connectivity index (χ1n) is 9.81. The predicted molar refractivity (Wildman–Crippen MR) is 120 cm³/mol. The normalized spacial score (nSPS) is 20.3. The van der Waals surface area contributed by atoms with Crippen LogP contribution in [0.2, 0.25) is 5.02 Å². The van der Waals surface area contributed by atoms with Crippen LogP contribution in [-0.4, -0.2) is 66.2 Å². The van der Waals surface area contributed by atoms with Gasteiger partial charge in [0.05, 0.1) is 5.02 Å². The molecule has 1 fully saturated rings. The van der Waals surface area contributed by atoms with Crippen molar-refractivity contribution in [2.24, 2.45) is 0 Å². The highest BCUT2D eigenvalue weighted by molar-refractivity contribution is 8.01. The number of carbonyl (C=O) groups excluding carboxylic acids is 2. The van der Waals surface area contributed by atoms with Crippen molar-refractivity contribution < 1.29 is 33.9 Å². The van der Waals surface area contributed by atoms with Crippen LogP contribution in [0.3, 0.4) is 0 Å². The van der Waals surface area contributed by atoms with Crippen LogP contribution >= 0.6 is 23.4 Å². The van der Waals surface area contributed by atoms with Crippen molar-refractivity contribution >= 4 is 47.1 Å². The summed E-state index contributed by atoms with van der Waals surface area (Å²) in [6.45, 7) is 5.86. The van der Waals surface area contributed by atoms with Gasteiger partial charge in [0, 0.05) is 17.2 Å². The van der Waals surface area contributed by atoms with Crippen molar-refractivity contribution in [1.29, 1.82) is 0 Å². The number of rotatable bonds is 6. The minimum absolute atomic E-state index is 0.0132. The maximum Gasteiger partial charge on any atom is 0.329 e. The van der Waals surface area contributed by atoms with Gasteiger partial charge in [-0.15, -0.1) is 11.8 Å². The number of aliphatic carboxylic acids is 2. The van der Waals surface area contributed by atoms with Crippen molar-refractivity contribution in [2.75, 3.05) is 0 Å². The van der Waals surface area contributed by atoms with Gasteiger partial charge in [0.1, 0.15) is 28.4 Å². The minimum atomic E-state index is -1.61. The fourth-order valence-corrected chi connectivity index (χ4v) is 5.76. The fourth-order valence-electron chi connectivity index (χ4n) is 3.87. The Balaban J connectivity index is 2.00. The van der Waals surface area contributed by atoms with E-state index in [1.165, 1.54) is 6.92 Å². The number of carboxylic acid groups (broad SMARTS) is 2. The molecule has 10 nitrogen and oxygen atoms in total.